The number of nitrogens with one attached hydrogen (secondary N) is 1. The minimum atomic E-state index is -0.540. The summed E-state index contributed by atoms with van der Waals surface area (Å²) in [4.78, 5) is 14.1. The van der Waals surface area contributed by atoms with E-state index in [0.717, 1.165) is 46.5 Å². The summed E-state index contributed by atoms with van der Waals surface area (Å²) in [7, 11) is 2.06. The van der Waals surface area contributed by atoms with Crippen LogP contribution in [0.4, 0.5) is 4.79 Å². The van der Waals surface area contributed by atoms with E-state index in [1.165, 1.54) is 6.08 Å². The summed E-state index contributed by atoms with van der Waals surface area (Å²) in [5, 5.41) is 12.3. The summed E-state index contributed by atoms with van der Waals surface area (Å²) in [6.45, 7) is 11.6. The first kappa shape index (κ1) is 30.2. The van der Waals surface area contributed by atoms with Crippen molar-refractivity contribution in [3.63, 3.8) is 0 Å². The SMILES string of the molecule is C=CCOC(=O)NCc1ccccc1-c1ccc(C2OC(CN(C)CC=C)C(C)C(c3ccc(CO)cc3)O2)cc1. The van der Waals surface area contributed by atoms with Crippen LogP contribution >= 0.6 is 0 Å². The normalized spacial score (nSPS) is 20.4. The molecular formula is C34H40N2O5. The van der Waals surface area contributed by atoms with Gasteiger partial charge in [-0.15, -0.1) is 6.58 Å². The number of nitrogens with zero attached hydrogens (tertiary/aromatic N) is 1. The molecule has 4 rings (SSSR count). The Morgan fingerprint density at radius 2 is 1.71 bits per heavy atom. The lowest BCUT2D eigenvalue weighted by Gasteiger charge is -2.42. The molecule has 0 bridgehead atoms. The number of rotatable bonds is 12. The molecule has 7 heteroatoms. The first-order valence-electron chi connectivity index (χ1n) is 13.9. The topological polar surface area (TPSA) is 80.3 Å². The third-order valence-corrected chi connectivity index (χ3v) is 7.32. The van der Waals surface area contributed by atoms with Crippen molar-refractivity contribution in [2.45, 2.75) is 38.6 Å². The highest BCUT2D eigenvalue weighted by atomic mass is 16.7. The van der Waals surface area contributed by atoms with Crippen molar-refractivity contribution in [3.8, 4) is 11.1 Å². The first-order valence-corrected chi connectivity index (χ1v) is 13.9. The Bertz CT molecular complexity index is 1290. The Balaban J connectivity index is 1.55. The molecule has 1 amide bonds. The van der Waals surface area contributed by atoms with Crippen LogP contribution in [0.5, 0.6) is 0 Å². The van der Waals surface area contributed by atoms with Gasteiger partial charge in [-0.3, -0.25) is 0 Å². The highest BCUT2D eigenvalue weighted by molar-refractivity contribution is 5.70. The number of carbonyl (C=O) groups is 1. The molecule has 1 heterocycles. The summed E-state index contributed by atoms with van der Waals surface area (Å²) in [5.74, 6) is 0.107. The molecule has 41 heavy (non-hydrogen) atoms. The number of benzene rings is 3. The average molecular weight is 557 g/mol. The van der Waals surface area contributed by atoms with E-state index in [-0.39, 0.29) is 31.3 Å². The fraction of sp³-hybridized carbons (Fsp3) is 0.324. The van der Waals surface area contributed by atoms with Crippen LogP contribution in [0.1, 0.15) is 41.6 Å². The van der Waals surface area contributed by atoms with Crippen LogP contribution < -0.4 is 5.32 Å². The zero-order chi connectivity index (χ0) is 29.2. The van der Waals surface area contributed by atoms with Gasteiger partial charge in [0.05, 0.1) is 18.8 Å². The van der Waals surface area contributed by atoms with Gasteiger partial charge in [-0.2, -0.15) is 0 Å². The number of carbonyl (C=O) groups excluding carboxylic acids is 1. The fourth-order valence-corrected chi connectivity index (χ4v) is 5.06. The predicted octanol–water partition coefficient (Wildman–Crippen LogP) is 6.17. The van der Waals surface area contributed by atoms with Crippen molar-refractivity contribution in [2.24, 2.45) is 5.92 Å². The van der Waals surface area contributed by atoms with Crippen LogP contribution in [-0.2, 0) is 27.4 Å². The summed E-state index contributed by atoms with van der Waals surface area (Å²) >= 11 is 0. The van der Waals surface area contributed by atoms with E-state index in [4.69, 9.17) is 14.2 Å². The second-order valence-corrected chi connectivity index (χ2v) is 10.4. The maximum Gasteiger partial charge on any atom is 0.407 e. The van der Waals surface area contributed by atoms with Gasteiger partial charge in [-0.1, -0.05) is 98.5 Å². The number of aliphatic hydroxyl groups excluding tert-OH is 1. The molecule has 3 aromatic rings. The van der Waals surface area contributed by atoms with Crippen LogP contribution in [0.15, 0.2) is 98.1 Å². The van der Waals surface area contributed by atoms with Crippen LogP contribution in [0, 0.1) is 5.92 Å². The lowest BCUT2D eigenvalue weighted by Crippen LogP contribution is -2.43. The van der Waals surface area contributed by atoms with Gasteiger partial charge in [-0.05, 0) is 34.9 Å². The Labute approximate surface area is 243 Å². The van der Waals surface area contributed by atoms with E-state index in [1.807, 2.05) is 66.7 Å². The molecule has 0 spiro atoms. The Kier molecular flexibility index (Phi) is 10.9. The van der Waals surface area contributed by atoms with E-state index >= 15 is 0 Å². The zero-order valence-corrected chi connectivity index (χ0v) is 23.9. The molecule has 0 aromatic heterocycles. The van der Waals surface area contributed by atoms with E-state index in [2.05, 4.69) is 49.5 Å². The van der Waals surface area contributed by atoms with E-state index in [9.17, 15) is 9.90 Å². The van der Waals surface area contributed by atoms with Gasteiger partial charge in [0.15, 0.2) is 6.29 Å². The van der Waals surface area contributed by atoms with Crippen molar-refractivity contribution in [1.29, 1.82) is 0 Å². The van der Waals surface area contributed by atoms with Crippen molar-refractivity contribution < 1.29 is 24.1 Å². The third-order valence-electron chi connectivity index (χ3n) is 7.32. The molecule has 0 aliphatic carbocycles. The van der Waals surface area contributed by atoms with Crippen molar-refractivity contribution in [2.75, 3.05) is 26.7 Å². The smallest absolute Gasteiger partial charge is 0.407 e. The average Bonchev–Trinajstić information content (AvgIpc) is 3.00. The number of amides is 1. The van der Waals surface area contributed by atoms with Crippen molar-refractivity contribution in [1.82, 2.24) is 10.2 Å². The number of alkyl carbamates (subject to hydrolysis) is 1. The summed E-state index contributed by atoms with van der Waals surface area (Å²) < 4.78 is 18.2. The number of hydrogen-bond donors (Lipinski definition) is 2. The monoisotopic (exact) mass is 556 g/mol. The highest BCUT2D eigenvalue weighted by Crippen LogP contribution is 2.42. The Morgan fingerprint density at radius 1 is 1.00 bits per heavy atom. The van der Waals surface area contributed by atoms with E-state index in [0.29, 0.717) is 6.54 Å². The summed E-state index contributed by atoms with van der Waals surface area (Å²) in [6, 6.07) is 24.1. The van der Waals surface area contributed by atoms with Crippen LogP contribution in [0.25, 0.3) is 11.1 Å². The fourth-order valence-electron chi connectivity index (χ4n) is 5.06. The molecule has 0 radical (unpaired) electrons. The quantitative estimate of drug-likeness (QED) is 0.260. The summed E-state index contributed by atoms with van der Waals surface area (Å²) in [5.41, 5.74) is 5.88. The van der Waals surface area contributed by atoms with Gasteiger partial charge in [0.2, 0.25) is 0 Å². The molecule has 216 valence electrons. The first-order chi connectivity index (χ1) is 19.9. The number of aliphatic hydroxyl groups is 1. The molecule has 0 saturated carbocycles. The number of hydrogen-bond acceptors (Lipinski definition) is 6. The zero-order valence-electron chi connectivity index (χ0n) is 23.9. The highest BCUT2D eigenvalue weighted by Gasteiger charge is 2.38. The lowest BCUT2D eigenvalue weighted by molar-refractivity contribution is -0.275. The van der Waals surface area contributed by atoms with E-state index in [1.54, 1.807) is 0 Å². The standard InChI is InChI=1S/C34H40N2O5/c1-5-19-36(4)22-31-24(3)32(27-13-11-25(23-37)12-14-27)41-33(40-31)28-17-15-26(16-18-28)30-10-8-7-9-29(30)21-35-34(38)39-20-6-2/h5-18,24,31-33,37H,1-2,19-23H2,3-4H3,(H,35,38). The second-order valence-electron chi connectivity index (χ2n) is 10.4. The molecule has 2 N–H and O–H groups in total. The Hall–Kier alpha value is -3.75. The van der Waals surface area contributed by atoms with Gasteiger partial charge in [0.25, 0.3) is 0 Å². The third kappa shape index (κ3) is 7.93. The molecule has 4 unspecified atom stereocenters. The maximum absolute atomic E-state index is 11.9. The van der Waals surface area contributed by atoms with E-state index < -0.39 is 12.4 Å². The molecule has 7 nitrogen and oxygen atoms in total. The number of ether oxygens (including phenoxy) is 3. The van der Waals surface area contributed by atoms with Crippen LogP contribution in [0.2, 0.25) is 0 Å². The van der Waals surface area contributed by atoms with Crippen LogP contribution in [-0.4, -0.2) is 48.9 Å². The molecular weight excluding hydrogens is 516 g/mol. The minimum Gasteiger partial charge on any atom is -0.445 e. The molecule has 1 saturated heterocycles. The molecule has 1 aliphatic heterocycles. The second kappa shape index (κ2) is 14.8. The Morgan fingerprint density at radius 3 is 2.39 bits per heavy atom. The largest absolute Gasteiger partial charge is 0.445 e. The molecule has 1 aliphatic rings. The molecule has 1 fully saturated rings. The van der Waals surface area contributed by atoms with Gasteiger partial charge in [0, 0.05) is 31.1 Å². The summed E-state index contributed by atoms with van der Waals surface area (Å²) in [6.07, 6.45) is 2.17. The maximum atomic E-state index is 11.9. The van der Waals surface area contributed by atoms with Crippen molar-refractivity contribution >= 4 is 6.09 Å². The molecule has 3 aromatic carbocycles. The molecule has 4 atom stereocenters. The van der Waals surface area contributed by atoms with Gasteiger partial charge in [-0.25, -0.2) is 4.79 Å². The van der Waals surface area contributed by atoms with Crippen molar-refractivity contribution in [3.05, 3.63) is 120 Å². The minimum absolute atomic E-state index is 0.00695. The predicted molar refractivity (Wildman–Crippen MR) is 161 cm³/mol. The number of likely N-dealkylation sites (N-methyl/N-ethyl adjacent to an activating group) is 1. The van der Waals surface area contributed by atoms with Gasteiger partial charge in [0.1, 0.15) is 6.61 Å². The van der Waals surface area contributed by atoms with Crippen LogP contribution in [0.3, 0.4) is 0 Å². The van der Waals surface area contributed by atoms with Gasteiger partial charge < -0.3 is 29.5 Å². The lowest BCUT2D eigenvalue weighted by atomic mass is 9.90. The van der Waals surface area contributed by atoms with Gasteiger partial charge >= 0.3 is 6.09 Å².